The zero-order valence-corrected chi connectivity index (χ0v) is 10.0. The lowest BCUT2D eigenvalue weighted by atomic mass is 10.2. The highest BCUT2D eigenvalue weighted by molar-refractivity contribution is 6.05. The molecule has 19 heavy (non-hydrogen) atoms. The van der Waals surface area contributed by atoms with Gasteiger partial charge in [-0.3, -0.25) is 14.5 Å². The number of hydrogen-bond donors (Lipinski definition) is 0. The smallest absolute Gasteiger partial charge is 0.299 e. The van der Waals surface area contributed by atoms with Crippen molar-refractivity contribution in [2.45, 2.75) is 0 Å². The van der Waals surface area contributed by atoms with Gasteiger partial charge in [-0.2, -0.15) is 10.1 Å². The molecule has 0 amide bonds. The Labute approximate surface area is 107 Å². The fourth-order valence-electron chi connectivity index (χ4n) is 1.59. The number of rotatable bonds is 3. The van der Waals surface area contributed by atoms with Crippen LogP contribution in [0.25, 0.3) is 11.4 Å². The average molecular weight is 255 g/mol. The van der Waals surface area contributed by atoms with Crippen molar-refractivity contribution in [2.75, 3.05) is 0 Å². The summed E-state index contributed by atoms with van der Waals surface area (Å²) in [5.41, 5.74) is 1.10. The zero-order valence-electron chi connectivity index (χ0n) is 10.0. The molecule has 0 unspecified atom stereocenters. The molecule has 3 aromatic rings. The normalized spacial score (nSPS) is 10.6. The van der Waals surface area contributed by atoms with E-state index < -0.39 is 0 Å². The van der Waals surface area contributed by atoms with Crippen molar-refractivity contribution in [2.24, 2.45) is 7.05 Å². The quantitative estimate of drug-likeness (QED) is 0.651. The maximum atomic E-state index is 12.0. The summed E-state index contributed by atoms with van der Waals surface area (Å²) < 4.78 is 6.50. The third-order valence-corrected chi connectivity index (χ3v) is 2.51. The first-order chi connectivity index (χ1) is 9.24. The van der Waals surface area contributed by atoms with Crippen LogP contribution in [-0.4, -0.2) is 30.7 Å². The molecular formula is C12H9N5O2. The van der Waals surface area contributed by atoms with Gasteiger partial charge >= 0.3 is 0 Å². The molecule has 0 radical (unpaired) electrons. The minimum atomic E-state index is -0.351. The van der Waals surface area contributed by atoms with E-state index in [9.17, 15) is 4.79 Å². The molecule has 3 aromatic heterocycles. The number of nitrogens with zero attached hydrogens (tertiary/aromatic N) is 5. The van der Waals surface area contributed by atoms with Crippen LogP contribution in [0.4, 0.5) is 0 Å². The number of hydrogen-bond acceptors (Lipinski definition) is 6. The summed E-state index contributed by atoms with van der Waals surface area (Å²) in [6.45, 7) is 0. The molecule has 0 aliphatic rings. The van der Waals surface area contributed by atoms with Crippen LogP contribution in [0.2, 0.25) is 0 Å². The third-order valence-electron chi connectivity index (χ3n) is 2.51. The lowest BCUT2D eigenvalue weighted by Gasteiger charge is -1.90. The lowest BCUT2D eigenvalue weighted by Crippen LogP contribution is -2.00. The number of carbonyl (C=O) groups is 1. The number of aromatic nitrogens is 5. The summed E-state index contributed by atoms with van der Waals surface area (Å²) in [4.78, 5) is 20.1. The van der Waals surface area contributed by atoms with E-state index in [4.69, 9.17) is 4.52 Å². The Morgan fingerprint density at radius 3 is 2.95 bits per heavy atom. The van der Waals surface area contributed by atoms with Gasteiger partial charge in [0.25, 0.3) is 11.7 Å². The lowest BCUT2D eigenvalue weighted by molar-refractivity contribution is 0.0994. The van der Waals surface area contributed by atoms with Gasteiger partial charge in [-0.25, -0.2) is 0 Å². The number of pyridine rings is 1. The molecule has 0 aromatic carbocycles. The first-order valence-electron chi connectivity index (χ1n) is 5.51. The Morgan fingerprint density at radius 2 is 2.26 bits per heavy atom. The van der Waals surface area contributed by atoms with E-state index in [0.29, 0.717) is 17.0 Å². The van der Waals surface area contributed by atoms with E-state index in [1.165, 1.54) is 10.9 Å². The predicted molar refractivity (Wildman–Crippen MR) is 64.2 cm³/mol. The van der Waals surface area contributed by atoms with E-state index in [1.807, 2.05) is 0 Å². The Kier molecular flexibility index (Phi) is 2.64. The number of aryl methyl sites for hydroxylation is 1. The van der Waals surface area contributed by atoms with Gasteiger partial charge < -0.3 is 4.52 Å². The summed E-state index contributed by atoms with van der Waals surface area (Å²) >= 11 is 0. The molecule has 3 heterocycles. The summed E-state index contributed by atoms with van der Waals surface area (Å²) in [7, 11) is 1.73. The standard InChI is InChI=1S/C12H9N5O2/c1-17-7-9(6-14-17)10(18)12-15-11(16-19-12)8-3-2-4-13-5-8/h2-7H,1H3. The van der Waals surface area contributed by atoms with Crippen molar-refractivity contribution in [3.63, 3.8) is 0 Å². The van der Waals surface area contributed by atoms with Crippen LogP contribution in [0.1, 0.15) is 16.2 Å². The van der Waals surface area contributed by atoms with E-state index in [1.54, 1.807) is 37.8 Å². The fraction of sp³-hybridized carbons (Fsp3) is 0.0833. The average Bonchev–Trinajstić information content (AvgIpc) is 3.08. The van der Waals surface area contributed by atoms with Crippen LogP contribution >= 0.6 is 0 Å². The van der Waals surface area contributed by atoms with Crippen molar-refractivity contribution in [3.05, 3.63) is 48.4 Å². The van der Waals surface area contributed by atoms with E-state index in [0.717, 1.165) is 0 Å². The Balaban J connectivity index is 1.92. The molecule has 0 N–H and O–H groups in total. The van der Waals surface area contributed by atoms with Crippen molar-refractivity contribution in [3.8, 4) is 11.4 Å². The predicted octanol–water partition coefficient (Wildman–Crippen LogP) is 1.10. The second kappa shape index (κ2) is 4.45. The summed E-state index contributed by atoms with van der Waals surface area (Å²) in [5.74, 6) is -0.0806. The van der Waals surface area contributed by atoms with Gasteiger partial charge in [-0.05, 0) is 12.1 Å². The van der Waals surface area contributed by atoms with E-state index in [-0.39, 0.29) is 11.7 Å². The van der Waals surface area contributed by atoms with Crippen molar-refractivity contribution in [1.29, 1.82) is 0 Å². The Bertz CT molecular complexity index is 717. The third kappa shape index (κ3) is 2.13. The highest BCUT2D eigenvalue weighted by Gasteiger charge is 2.19. The molecule has 94 valence electrons. The van der Waals surface area contributed by atoms with Gasteiger partial charge in [-0.1, -0.05) is 5.16 Å². The van der Waals surface area contributed by atoms with Crippen LogP contribution in [0.15, 0.2) is 41.4 Å². The molecule has 7 nitrogen and oxygen atoms in total. The topological polar surface area (TPSA) is 86.7 Å². The van der Waals surface area contributed by atoms with Crippen molar-refractivity contribution >= 4 is 5.78 Å². The van der Waals surface area contributed by atoms with Gasteiger partial charge in [-0.15, -0.1) is 0 Å². The summed E-state index contributed by atoms with van der Waals surface area (Å²) in [6, 6.07) is 3.55. The SMILES string of the molecule is Cn1cc(C(=O)c2nc(-c3cccnc3)no2)cn1. The van der Waals surface area contributed by atoms with Crippen molar-refractivity contribution in [1.82, 2.24) is 24.9 Å². The van der Waals surface area contributed by atoms with Crippen LogP contribution in [0.5, 0.6) is 0 Å². The second-order valence-corrected chi connectivity index (χ2v) is 3.90. The summed E-state index contributed by atoms with van der Waals surface area (Å²) in [6.07, 6.45) is 6.29. The first-order valence-corrected chi connectivity index (χ1v) is 5.51. The fourth-order valence-corrected chi connectivity index (χ4v) is 1.59. The molecule has 0 bridgehead atoms. The minimum Gasteiger partial charge on any atom is -0.330 e. The Hall–Kier alpha value is -2.83. The molecule has 3 rings (SSSR count). The number of carbonyl (C=O) groups excluding carboxylic acids is 1. The zero-order chi connectivity index (χ0) is 13.2. The van der Waals surface area contributed by atoms with Gasteiger partial charge in [0.1, 0.15) is 0 Å². The van der Waals surface area contributed by atoms with E-state index in [2.05, 4.69) is 20.2 Å². The molecule has 0 spiro atoms. The molecule has 7 heteroatoms. The first kappa shape index (κ1) is 11.3. The second-order valence-electron chi connectivity index (χ2n) is 3.90. The molecule has 0 saturated heterocycles. The van der Waals surface area contributed by atoms with Crippen LogP contribution in [0, 0.1) is 0 Å². The van der Waals surface area contributed by atoms with Gasteiger partial charge in [0.15, 0.2) is 0 Å². The molecule has 0 saturated carbocycles. The van der Waals surface area contributed by atoms with E-state index >= 15 is 0 Å². The van der Waals surface area contributed by atoms with Gasteiger partial charge in [0.2, 0.25) is 5.82 Å². The maximum Gasteiger partial charge on any atom is 0.299 e. The largest absolute Gasteiger partial charge is 0.330 e. The highest BCUT2D eigenvalue weighted by Crippen LogP contribution is 2.15. The highest BCUT2D eigenvalue weighted by atomic mass is 16.5. The molecular weight excluding hydrogens is 246 g/mol. The van der Waals surface area contributed by atoms with Crippen LogP contribution in [0.3, 0.4) is 0 Å². The molecule has 0 aliphatic carbocycles. The maximum absolute atomic E-state index is 12.0. The minimum absolute atomic E-state index is 0.0631. The number of ketones is 1. The van der Waals surface area contributed by atoms with Crippen molar-refractivity contribution < 1.29 is 9.32 Å². The Morgan fingerprint density at radius 1 is 1.37 bits per heavy atom. The van der Waals surface area contributed by atoms with Gasteiger partial charge in [0.05, 0.1) is 11.8 Å². The molecule has 0 fully saturated rings. The monoisotopic (exact) mass is 255 g/mol. The van der Waals surface area contributed by atoms with Crippen LogP contribution < -0.4 is 0 Å². The summed E-state index contributed by atoms with van der Waals surface area (Å²) in [5, 5.41) is 7.69. The van der Waals surface area contributed by atoms with Gasteiger partial charge in [0, 0.05) is 31.2 Å². The molecule has 0 atom stereocenters. The molecule has 0 aliphatic heterocycles. The van der Waals surface area contributed by atoms with Crippen LogP contribution in [-0.2, 0) is 7.05 Å².